The van der Waals surface area contributed by atoms with Crippen LogP contribution >= 0.6 is 0 Å². The third-order valence-electron chi connectivity index (χ3n) is 12.0. The quantitative estimate of drug-likeness (QED) is 0.0493. The minimum atomic E-state index is -1.25. The van der Waals surface area contributed by atoms with Crippen molar-refractivity contribution in [2.75, 3.05) is 99.0 Å². The van der Waals surface area contributed by atoms with Crippen LogP contribution in [0.2, 0.25) is 0 Å². The van der Waals surface area contributed by atoms with Crippen molar-refractivity contribution < 1.29 is 74.2 Å². The number of hydrogen-bond donors (Lipinski definition) is 3. The Hall–Kier alpha value is -4.02. The molecular weight excluding hydrogens is 968 g/mol. The van der Waals surface area contributed by atoms with Gasteiger partial charge in [0.25, 0.3) is 5.56 Å². The predicted octanol–water partition coefficient (Wildman–Crippen LogP) is 2.48. The second kappa shape index (κ2) is 41.3. The van der Waals surface area contributed by atoms with Crippen LogP contribution in [0.4, 0.5) is 0 Å². The number of carbonyl (C=O) groups excluding carboxylic acids is 3. The number of H-pyrrole nitrogens is 1. The van der Waals surface area contributed by atoms with Crippen molar-refractivity contribution in [2.24, 2.45) is 0 Å². The zero-order valence-electron chi connectivity index (χ0n) is 43.2. The molecule has 2 saturated heterocycles. The molecule has 4 rings (SSSR count). The standard InChI is InChI=1S/C53H84N4O15.ClH/c1-2-3-4-5-6-7-8-9-10-11-12-13-14-15-19-24-47(59)72-50-49(56-51(61)44-23-20-26-54-44)45(71-52(50)57-27-25-46(58)55-53(57)62)41-70-48(60)42-69-39-37-67-35-33-65-31-29-63-28-30-64-32-34-66-36-38-68-40-43-21-17-16-18-22-43;/h9-10,16-18,21-22,25,27,44-45,49-50,52,54H,2-8,11-15,19-20,23-24,26,28-42H2,1H3,(H,56,61)(H,55,58,62);1H/p-1/b10-9-;/t44?,45-,49+,50-,52-;/m1./s1. The maximum absolute atomic E-state index is 13.5. The number of amides is 1. The zero-order chi connectivity index (χ0) is 51.1. The summed E-state index contributed by atoms with van der Waals surface area (Å²) in [6.07, 6.45) is 18.4. The molecule has 19 nitrogen and oxygen atoms in total. The number of benzene rings is 1. The monoisotopic (exact) mass is 1050 g/mol. The lowest BCUT2D eigenvalue weighted by molar-refractivity contribution is -0.157. The van der Waals surface area contributed by atoms with Crippen molar-refractivity contribution >= 4 is 17.8 Å². The van der Waals surface area contributed by atoms with E-state index in [2.05, 4.69) is 34.7 Å². The molecule has 2 aliphatic heterocycles. The topological polar surface area (TPSA) is 222 Å². The number of unbranched alkanes of at least 4 members (excludes halogenated alkanes) is 11. The van der Waals surface area contributed by atoms with E-state index in [1.807, 2.05) is 30.3 Å². The first-order valence-corrected chi connectivity index (χ1v) is 26.4. The van der Waals surface area contributed by atoms with E-state index in [4.69, 9.17) is 47.4 Å². The van der Waals surface area contributed by atoms with Crippen LogP contribution < -0.4 is 34.3 Å². The first-order valence-electron chi connectivity index (χ1n) is 26.4. The van der Waals surface area contributed by atoms with Gasteiger partial charge in [-0.05, 0) is 57.1 Å². The average molecular weight is 1050 g/mol. The highest BCUT2D eigenvalue weighted by molar-refractivity contribution is 5.82. The zero-order valence-corrected chi connectivity index (χ0v) is 43.9. The molecule has 2 fully saturated rings. The lowest BCUT2D eigenvalue weighted by Crippen LogP contribution is -3.00. The molecule has 2 aromatic rings. The Morgan fingerprint density at radius 1 is 0.699 bits per heavy atom. The SMILES string of the molecule is CCCCCCCC/C=C\CCCCCCCC(=O)O[C@@H]1[C@@H](NC(=O)C2CCCN2)[C@@H](COC(=O)COCCOCCOCCOCCOCCOCCOCc2ccccc2)O[C@H]1n1ccc(=O)[nH]c1=O.[Cl-]. The van der Waals surface area contributed by atoms with Crippen molar-refractivity contribution in [3.63, 3.8) is 0 Å². The number of allylic oxidation sites excluding steroid dienone is 2. The molecule has 0 aliphatic carbocycles. The van der Waals surface area contributed by atoms with E-state index in [1.165, 1.54) is 44.7 Å². The largest absolute Gasteiger partial charge is 1.00 e. The van der Waals surface area contributed by atoms with Crippen LogP contribution in [0.3, 0.4) is 0 Å². The summed E-state index contributed by atoms with van der Waals surface area (Å²) in [6.45, 7) is 7.42. The second-order valence-electron chi connectivity index (χ2n) is 17.9. The fourth-order valence-corrected chi connectivity index (χ4v) is 8.11. The molecule has 414 valence electrons. The van der Waals surface area contributed by atoms with Gasteiger partial charge in [-0.1, -0.05) is 101 Å². The van der Waals surface area contributed by atoms with Gasteiger partial charge in [0.1, 0.15) is 25.4 Å². The van der Waals surface area contributed by atoms with Crippen LogP contribution in [0.25, 0.3) is 0 Å². The second-order valence-corrected chi connectivity index (χ2v) is 17.9. The number of aromatic amines is 1. The van der Waals surface area contributed by atoms with Gasteiger partial charge in [-0.3, -0.25) is 23.9 Å². The number of aromatic nitrogens is 2. The third-order valence-corrected chi connectivity index (χ3v) is 12.0. The number of hydrogen-bond acceptors (Lipinski definition) is 16. The van der Waals surface area contributed by atoms with Crippen molar-refractivity contribution in [2.45, 2.75) is 147 Å². The molecule has 0 spiro atoms. The molecule has 1 amide bonds. The first kappa shape index (κ1) is 63.3. The Kier molecular flexibility index (Phi) is 35.8. The minimum Gasteiger partial charge on any atom is -1.00 e. The van der Waals surface area contributed by atoms with Gasteiger partial charge >= 0.3 is 17.6 Å². The normalized spacial score (nSPS) is 18.5. The van der Waals surface area contributed by atoms with Gasteiger partial charge in [-0.25, -0.2) is 9.59 Å². The molecule has 5 atom stereocenters. The van der Waals surface area contributed by atoms with Gasteiger partial charge in [0.2, 0.25) is 5.91 Å². The lowest BCUT2D eigenvalue weighted by atomic mass is 10.1. The summed E-state index contributed by atoms with van der Waals surface area (Å²) in [4.78, 5) is 66.9. The van der Waals surface area contributed by atoms with E-state index in [0.717, 1.165) is 61.1 Å². The summed E-state index contributed by atoms with van der Waals surface area (Å²) in [5, 5.41) is 6.11. The Labute approximate surface area is 437 Å². The average Bonchev–Trinajstić information content (AvgIpc) is 4.04. The van der Waals surface area contributed by atoms with E-state index >= 15 is 0 Å². The summed E-state index contributed by atoms with van der Waals surface area (Å²) in [7, 11) is 0. The van der Waals surface area contributed by atoms with Crippen LogP contribution in [0.15, 0.2) is 64.3 Å². The number of rotatable bonds is 43. The third kappa shape index (κ3) is 28.5. The summed E-state index contributed by atoms with van der Waals surface area (Å²) in [5.74, 6) is -1.57. The van der Waals surface area contributed by atoms with Crippen molar-refractivity contribution in [1.82, 2.24) is 20.2 Å². The molecule has 0 bridgehead atoms. The minimum absolute atomic E-state index is 0. The molecule has 2 aliphatic rings. The molecule has 3 heterocycles. The van der Waals surface area contributed by atoms with Crippen LogP contribution in [0.5, 0.6) is 0 Å². The van der Waals surface area contributed by atoms with E-state index < -0.39 is 53.7 Å². The maximum atomic E-state index is 13.5. The number of nitrogens with zero attached hydrogens (tertiary/aromatic N) is 1. The van der Waals surface area contributed by atoms with Gasteiger partial charge in [0.05, 0.1) is 91.9 Å². The Bertz CT molecular complexity index is 1880. The number of esters is 2. The fourth-order valence-electron chi connectivity index (χ4n) is 8.11. The van der Waals surface area contributed by atoms with Gasteiger partial charge in [-0.15, -0.1) is 0 Å². The van der Waals surface area contributed by atoms with Crippen molar-refractivity contribution in [3.05, 3.63) is 81.1 Å². The number of ether oxygens (including phenoxy) is 10. The molecule has 1 aromatic carbocycles. The number of halogens is 1. The molecule has 20 heteroatoms. The Balaban J connectivity index is 0.0000141. The lowest BCUT2D eigenvalue weighted by Gasteiger charge is -2.26. The highest BCUT2D eigenvalue weighted by Crippen LogP contribution is 2.32. The van der Waals surface area contributed by atoms with E-state index in [1.54, 1.807) is 0 Å². The predicted molar refractivity (Wildman–Crippen MR) is 269 cm³/mol. The molecule has 0 saturated carbocycles. The highest BCUT2D eigenvalue weighted by atomic mass is 35.5. The van der Waals surface area contributed by atoms with E-state index in [0.29, 0.717) is 92.1 Å². The Morgan fingerprint density at radius 2 is 1.26 bits per heavy atom. The smallest absolute Gasteiger partial charge is 0.332 e. The van der Waals surface area contributed by atoms with Crippen molar-refractivity contribution in [1.29, 1.82) is 0 Å². The molecule has 0 radical (unpaired) electrons. The van der Waals surface area contributed by atoms with Crippen molar-refractivity contribution in [3.8, 4) is 0 Å². The van der Waals surface area contributed by atoms with Gasteiger partial charge in [0, 0.05) is 18.7 Å². The Morgan fingerprint density at radius 3 is 1.84 bits per heavy atom. The first-order chi connectivity index (χ1) is 35.4. The number of nitrogens with one attached hydrogen (secondary N) is 3. The van der Waals surface area contributed by atoms with Crippen LogP contribution in [-0.2, 0) is 68.4 Å². The molecule has 1 unspecified atom stereocenters. The van der Waals surface area contributed by atoms with Gasteiger partial charge in [-0.2, -0.15) is 0 Å². The summed E-state index contributed by atoms with van der Waals surface area (Å²) in [5.41, 5.74) is -0.288. The van der Waals surface area contributed by atoms with E-state index in [-0.39, 0.29) is 51.2 Å². The summed E-state index contributed by atoms with van der Waals surface area (Å²) >= 11 is 0. The fraction of sp³-hybridized carbons (Fsp3) is 0.717. The molecule has 1 aromatic heterocycles. The van der Waals surface area contributed by atoms with Crippen LogP contribution in [0, 0.1) is 0 Å². The molecular formula is C53H84ClN4O15-. The summed E-state index contributed by atoms with van der Waals surface area (Å²) in [6, 6.07) is 9.64. The van der Waals surface area contributed by atoms with E-state index in [9.17, 15) is 24.0 Å². The van der Waals surface area contributed by atoms with Gasteiger partial charge < -0.3 is 70.4 Å². The highest BCUT2D eigenvalue weighted by Gasteiger charge is 2.50. The maximum Gasteiger partial charge on any atom is 0.332 e. The molecule has 73 heavy (non-hydrogen) atoms. The molecule has 3 N–H and O–H groups in total. The van der Waals surface area contributed by atoms with Crippen LogP contribution in [0.1, 0.15) is 121 Å². The van der Waals surface area contributed by atoms with Gasteiger partial charge in [0.15, 0.2) is 12.3 Å². The van der Waals surface area contributed by atoms with Crippen LogP contribution in [-0.4, -0.2) is 151 Å². The number of carbonyl (C=O) groups is 3. The summed E-state index contributed by atoms with van der Waals surface area (Å²) < 4.78 is 57.5.